The highest BCUT2D eigenvalue weighted by atomic mass is 35.5. The SMILES string of the molecule is NC(=O)C1=NO[C@@H](CNc2ncc(C(F)(F)F)cc2Cl)C1. The molecule has 0 unspecified atom stereocenters. The summed E-state index contributed by atoms with van der Waals surface area (Å²) in [6, 6.07) is 0.776. The molecule has 0 saturated carbocycles. The zero-order chi connectivity index (χ0) is 15.6. The molecular weight excluding hydrogens is 313 g/mol. The third-order valence-electron chi connectivity index (χ3n) is 2.68. The topological polar surface area (TPSA) is 89.6 Å². The molecule has 0 saturated heterocycles. The van der Waals surface area contributed by atoms with Crippen LogP contribution in [-0.4, -0.2) is 29.3 Å². The monoisotopic (exact) mass is 322 g/mol. The number of nitrogens with one attached hydrogen (secondary N) is 1. The van der Waals surface area contributed by atoms with Gasteiger partial charge in [0, 0.05) is 12.6 Å². The lowest BCUT2D eigenvalue weighted by molar-refractivity contribution is -0.137. The second kappa shape index (κ2) is 5.76. The number of rotatable bonds is 4. The number of anilines is 1. The second-order valence-electron chi connectivity index (χ2n) is 4.27. The van der Waals surface area contributed by atoms with Crippen LogP contribution in [0.4, 0.5) is 19.0 Å². The van der Waals surface area contributed by atoms with Crippen LogP contribution in [0.25, 0.3) is 0 Å². The first-order valence-electron chi connectivity index (χ1n) is 5.76. The summed E-state index contributed by atoms with van der Waals surface area (Å²) in [5.74, 6) is -0.594. The summed E-state index contributed by atoms with van der Waals surface area (Å²) in [6.07, 6.45) is -4.09. The number of oxime groups is 1. The highest BCUT2D eigenvalue weighted by Crippen LogP contribution is 2.32. The summed E-state index contributed by atoms with van der Waals surface area (Å²) in [5.41, 5.74) is 4.21. The van der Waals surface area contributed by atoms with Crippen LogP contribution >= 0.6 is 11.6 Å². The summed E-state index contributed by atoms with van der Waals surface area (Å²) in [4.78, 5) is 19.4. The zero-order valence-corrected chi connectivity index (χ0v) is 11.2. The number of alkyl halides is 3. The number of amides is 1. The minimum absolute atomic E-state index is 0.0841. The molecule has 0 spiro atoms. The number of halogens is 4. The van der Waals surface area contributed by atoms with Gasteiger partial charge in [-0.05, 0) is 6.07 Å². The predicted octanol–water partition coefficient (Wildman–Crippen LogP) is 1.80. The van der Waals surface area contributed by atoms with Crippen molar-refractivity contribution in [2.45, 2.75) is 18.7 Å². The van der Waals surface area contributed by atoms with E-state index in [1.165, 1.54) is 0 Å². The molecule has 1 aromatic heterocycles. The number of nitrogens with zero attached hydrogens (tertiary/aromatic N) is 2. The Morgan fingerprint density at radius 1 is 1.57 bits per heavy atom. The van der Waals surface area contributed by atoms with Gasteiger partial charge in [0.15, 0.2) is 6.10 Å². The first-order chi connectivity index (χ1) is 9.77. The Kier molecular flexibility index (Phi) is 4.21. The maximum atomic E-state index is 12.5. The van der Waals surface area contributed by atoms with Gasteiger partial charge in [-0.1, -0.05) is 16.8 Å². The van der Waals surface area contributed by atoms with E-state index in [2.05, 4.69) is 15.5 Å². The molecule has 1 atom stereocenters. The van der Waals surface area contributed by atoms with E-state index in [9.17, 15) is 18.0 Å². The summed E-state index contributed by atoms with van der Waals surface area (Å²) < 4.78 is 37.4. The van der Waals surface area contributed by atoms with Gasteiger partial charge in [-0.25, -0.2) is 4.98 Å². The second-order valence-corrected chi connectivity index (χ2v) is 4.67. The van der Waals surface area contributed by atoms with Gasteiger partial charge < -0.3 is 15.9 Å². The Morgan fingerprint density at radius 3 is 2.81 bits per heavy atom. The van der Waals surface area contributed by atoms with Crippen molar-refractivity contribution in [3.63, 3.8) is 0 Å². The molecule has 21 heavy (non-hydrogen) atoms. The van der Waals surface area contributed by atoms with Gasteiger partial charge in [-0.3, -0.25) is 4.79 Å². The number of hydrogen-bond donors (Lipinski definition) is 2. The molecule has 6 nitrogen and oxygen atoms in total. The minimum Gasteiger partial charge on any atom is -0.390 e. The molecule has 3 N–H and O–H groups in total. The Morgan fingerprint density at radius 2 is 2.29 bits per heavy atom. The molecule has 1 aliphatic rings. The van der Waals surface area contributed by atoms with E-state index in [1.54, 1.807) is 0 Å². The average molecular weight is 323 g/mol. The number of pyridine rings is 1. The van der Waals surface area contributed by atoms with Crippen molar-refractivity contribution in [1.29, 1.82) is 0 Å². The summed E-state index contributed by atoms with van der Waals surface area (Å²) in [5, 5.41) is 6.06. The third-order valence-corrected chi connectivity index (χ3v) is 2.97. The van der Waals surface area contributed by atoms with Crippen LogP contribution in [0, 0.1) is 0 Å². The van der Waals surface area contributed by atoms with E-state index < -0.39 is 23.8 Å². The minimum atomic E-state index is -4.51. The van der Waals surface area contributed by atoms with E-state index in [4.69, 9.17) is 22.2 Å². The molecule has 2 rings (SSSR count). The number of carbonyl (C=O) groups excluding carboxylic acids is 1. The smallest absolute Gasteiger partial charge is 0.390 e. The van der Waals surface area contributed by atoms with Crippen LogP contribution in [0.3, 0.4) is 0 Å². The first kappa shape index (κ1) is 15.4. The van der Waals surface area contributed by atoms with Crippen LogP contribution in [-0.2, 0) is 15.8 Å². The Labute approximate surface area is 122 Å². The lowest BCUT2D eigenvalue weighted by Gasteiger charge is -2.13. The van der Waals surface area contributed by atoms with Crippen molar-refractivity contribution in [3.05, 3.63) is 22.8 Å². The normalized spacial score (nSPS) is 18.1. The molecule has 0 aromatic carbocycles. The quantitative estimate of drug-likeness (QED) is 0.884. The maximum absolute atomic E-state index is 12.5. The summed E-state index contributed by atoms with van der Waals surface area (Å²) in [6.45, 7) is 0.165. The Hall–Kier alpha value is -2.03. The van der Waals surface area contributed by atoms with Crippen molar-refractivity contribution < 1.29 is 22.8 Å². The molecule has 1 amide bonds. The fraction of sp³-hybridized carbons (Fsp3) is 0.364. The van der Waals surface area contributed by atoms with Crippen molar-refractivity contribution in [1.82, 2.24) is 4.98 Å². The van der Waals surface area contributed by atoms with Crippen molar-refractivity contribution >= 4 is 29.0 Å². The van der Waals surface area contributed by atoms with Crippen molar-refractivity contribution in [2.24, 2.45) is 10.9 Å². The number of aromatic nitrogens is 1. The third kappa shape index (κ3) is 3.75. The lowest BCUT2D eigenvalue weighted by atomic mass is 10.2. The molecule has 114 valence electrons. The number of nitrogens with two attached hydrogens (primary N) is 1. The van der Waals surface area contributed by atoms with Gasteiger partial charge in [-0.15, -0.1) is 0 Å². The Bertz CT molecular complexity index is 591. The fourth-order valence-electron chi connectivity index (χ4n) is 1.62. The zero-order valence-electron chi connectivity index (χ0n) is 10.4. The fourth-order valence-corrected chi connectivity index (χ4v) is 1.85. The lowest BCUT2D eigenvalue weighted by Crippen LogP contribution is -2.26. The maximum Gasteiger partial charge on any atom is 0.417 e. The molecule has 0 radical (unpaired) electrons. The molecule has 0 aliphatic carbocycles. The van der Waals surface area contributed by atoms with Crippen molar-refractivity contribution in [2.75, 3.05) is 11.9 Å². The summed E-state index contributed by atoms with van der Waals surface area (Å²) >= 11 is 5.73. The van der Waals surface area contributed by atoms with E-state index >= 15 is 0 Å². The highest BCUT2D eigenvalue weighted by molar-refractivity contribution is 6.38. The van der Waals surface area contributed by atoms with E-state index in [1.807, 2.05) is 0 Å². The van der Waals surface area contributed by atoms with Gasteiger partial charge in [0.05, 0.1) is 17.1 Å². The van der Waals surface area contributed by atoms with Crippen LogP contribution < -0.4 is 11.1 Å². The average Bonchev–Trinajstić information content (AvgIpc) is 2.85. The molecule has 0 fully saturated rings. The van der Waals surface area contributed by atoms with E-state index in [-0.39, 0.29) is 29.5 Å². The number of primary amides is 1. The standard InChI is InChI=1S/C11H10ClF3N4O2/c12-7-1-5(11(13,14)15)3-17-10(7)18-4-6-2-8(9(16)20)19-21-6/h1,3,6H,2,4H2,(H2,16,20)(H,17,18)/t6-/m1/s1. The molecule has 2 heterocycles. The van der Waals surface area contributed by atoms with Crippen LogP contribution in [0.1, 0.15) is 12.0 Å². The number of hydrogen-bond acceptors (Lipinski definition) is 5. The van der Waals surface area contributed by atoms with Crippen molar-refractivity contribution in [3.8, 4) is 0 Å². The number of carbonyl (C=O) groups is 1. The molecule has 1 aromatic rings. The highest BCUT2D eigenvalue weighted by Gasteiger charge is 2.31. The predicted molar refractivity (Wildman–Crippen MR) is 68.9 cm³/mol. The van der Waals surface area contributed by atoms with Gasteiger partial charge >= 0.3 is 6.18 Å². The van der Waals surface area contributed by atoms with E-state index in [0.29, 0.717) is 6.20 Å². The summed E-state index contributed by atoms with van der Waals surface area (Å²) in [7, 11) is 0. The molecule has 0 bridgehead atoms. The van der Waals surface area contributed by atoms with Crippen LogP contribution in [0.5, 0.6) is 0 Å². The van der Waals surface area contributed by atoms with Gasteiger partial charge in [0.2, 0.25) is 0 Å². The van der Waals surface area contributed by atoms with Crippen LogP contribution in [0.2, 0.25) is 5.02 Å². The van der Waals surface area contributed by atoms with Gasteiger partial charge in [0.1, 0.15) is 11.5 Å². The molecule has 10 heteroatoms. The van der Waals surface area contributed by atoms with Crippen LogP contribution in [0.15, 0.2) is 17.4 Å². The largest absolute Gasteiger partial charge is 0.417 e. The van der Waals surface area contributed by atoms with E-state index in [0.717, 1.165) is 6.07 Å². The van der Waals surface area contributed by atoms with Gasteiger partial charge in [-0.2, -0.15) is 13.2 Å². The molecule has 1 aliphatic heterocycles. The molecular formula is C11H10ClF3N4O2. The van der Waals surface area contributed by atoms with Gasteiger partial charge in [0.25, 0.3) is 5.91 Å². The first-order valence-corrected chi connectivity index (χ1v) is 6.14. The Balaban J connectivity index is 1.95.